The van der Waals surface area contributed by atoms with Crippen molar-refractivity contribution in [2.24, 2.45) is 0 Å². The molecule has 2 aliphatic rings. The van der Waals surface area contributed by atoms with Crippen LogP contribution in [-0.2, 0) is 0 Å². The van der Waals surface area contributed by atoms with E-state index < -0.39 is 0 Å². The third kappa shape index (κ3) is 5.35. The molecule has 30 heavy (non-hydrogen) atoms. The van der Waals surface area contributed by atoms with Gasteiger partial charge in [-0.3, -0.25) is 4.90 Å². The van der Waals surface area contributed by atoms with Gasteiger partial charge in [-0.1, -0.05) is 43.5 Å². The molecule has 0 bridgehead atoms. The number of rotatable bonds is 6. The average molecular weight is 427 g/mol. The van der Waals surface area contributed by atoms with E-state index in [1.807, 2.05) is 0 Å². The Bertz CT molecular complexity index is 768. The van der Waals surface area contributed by atoms with Crippen molar-refractivity contribution in [3.63, 3.8) is 0 Å². The number of nitrogens with zero attached hydrogens (tertiary/aromatic N) is 2. The zero-order chi connectivity index (χ0) is 20.8. The molecular weight excluding hydrogens is 392 g/mol. The molecule has 2 fully saturated rings. The Hall–Kier alpha value is -2.05. The molecule has 1 saturated heterocycles. The normalized spacial score (nSPS) is 20.5. The molecule has 0 unspecified atom stereocenters. The van der Waals surface area contributed by atoms with Gasteiger partial charge in [-0.2, -0.15) is 0 Å². The first-order valence-electron chi connectivity index (χ1n) is 11.3. The van der Waals surface area contributed by atoms with Crippen molar-refractivity contribution in [2.45, 2.75) is 57.2 Å². The first-order valence-corrected chi connectivity index (χ1v) is 12.2. The predicted molar refractivity (Wildman–Crippen MR) is 125 cm³/mol. The molecule has 5 nitrogen and oxygen atoms in total. The van der Waals surface area contributed by atoms with E-state index in [1.54, 1.807) is 11.3 Å². The van der Waals surface area contributed by atoms with Crippen LogP contribution in [0.2, 0.25) is 0 Å². The van der Waals surface area contributed by atoms with Gasteiger partial charge in [0.1, 0.15) is 0 Å². The second-order valence-corrected chi connectivity index (χ2v) is 9.54. The molecule has 2 heterocycles. The average Bonchev–Trinajstić information content (AvgIpc) is 3.30. The van der Waals surface area contributed by atoms with Gasteiger partial charge in [-0.25, -0.2) is 4.79 Å². The van der Waals surface area contributed by atoms with E-state index >= 15 is 0 Å². The van der Waals surface area contributed by atoms with Gasteiger partial charge >= 0.3 is 6.03 Å². The van der Waals surface area contributed by atoms with Gasteiger partial charge in [0, 0.05) is 48.8 Å². The van der Waals surface area contributed by atoms with Crippen molar-refractivity contribution >= 4 is 23.1 Å². The number of thiophene rings is 1. The van der Waals surface area contributed by atoms with Crippen molar-refractivity contribution < 1.29 is 4.79 Å². The minimum atomic E-state index is -0.0149. The summed E-state index contributed by atoms with van der Waals surface area (Å²) in [5.74, 6) is 0. The second kappa shape index (κ2) is 10.3. The number of nitrogens with one attached hydrogen (secondary N) is 2. The molecule has 2 aromatic rings. The molecule has 1 saturated carbocycles. The number of carbonyl (C=O) groups is 1. The smallest absolute Gasteiger partial charge is 0.315 e. The number of anilines is 1. The highest BCUT2D eigenvalue weighted by molar-refractivity contribution is 7.10. The third-order valence-electron chi connectivity index (χ3n) is 6.44. The maximum Gasteiger partial charge on any atom is 0.315 e. The van der Waals surface area contributed by atoms with Crippen LogP contribution in [0.1, 0.15) is 49.9 Å². The monoisotopic (exact) mass is 426 g/mol. The van der Waals surface area contributed by atoms with E-state index in [0.717, 1.165) is 39.0 Å². The lowest BCUT2D eigenvalue weighted by Crippen LogP contribution is -2.54. The van der Waals surface area contributed by atoms with Gasteiger partial charge in [0.25, 0.3) is 0 Å². The lowest BCUT2D eigenvalue weighted by molar-refractivity contribution is 0.155. The number of hydrogen-bond donors (Lipinski definition) is 2. The number of para-hydroxylation sites is 1. The zero-order valence-electron chi connectivity index (χ0n) is 17.9. The Balaban J connectivity index is 1.37. The molecule has 4 rings (SSSR count). The summed E-state index contributed by atoms with van der Waals surface area (Å²) < 4.78 is 0. The molecule has 2 N–H and O–H groups in total. The van der Waals surface area contributed by atoms with Crippen LogP contribution in [0.3, 0.4) is 0 Å². The quantitative estimate of drug-likeness (QED) is 0.708. The van der Waals surface area contributed by atoms with Crippen LogP contribution in [0.15, 0.2) is 47.8 Å². The van der Waals surface area contributed by atoms with Crippen molar-refractivity contribution in [3.05, 3.63) is 52.7 Å². The Labute approximate surface area is 184 Å². The summed E-state index contributed by atoms with van der Waals surface area (Å²) in [6.45, 7) is 6.15. The fraction of sp³-hybridized carbons (Fsp3) is 0.542. The molecule has 0 radical (unpaired) electrons. The summed E-state index contributed by atoms with van der Waals surface area (Å²) in [6.07, 6.45) is 5.97. The summed E-state index contributed by atoms with van der Waals surface area (Å²) in [5.41, 5.74) is 1.29. The van der Waals surface area contributed by atoms with E-state index in [1.165, 1.54) is 29.8 Å². The highest BCUT2D eigenvalue weighted by Gasteiger charge is 2.31. The molecule has 6 heteroatoms. The molecule has 2 atom stereocenters. The van der Waals surface area contributed by atoms with Crippen LogP contribution in [-0.4, -0.2) is 49.2 Å². The van der Waals surface area contributed by atoms with Crippen LogP contribution < -0.4 is 15.5 Å². The van der Waals surface area contributed by atoms with Crippen molar-refractivity contribution in [2.75, 3.05) is 31.1 Å². The summed E-state index contributed by atoms with van der Waals surface area (Å²) >= 11 is 1.79. The van der Waals surface area contributed by atoms with Gasteiger partial charge in [0.15, 0.2) is 0 Å². The second-order valence-electron chi connectivity index (χ2n) is 8.56. The number of amides is 2. The Morgan fingerprint density at radius 3 is 2.40 bits per heavy atom. The fourth-order valence-corrected chi connectivity index (χ4v) is 5.82. The lowest BCUT2D eigenvalue weighted by atomic mass is 9.96. The van der Waals surface area contributed by atoms with Gasteiger partial charge < -0.3 is 15.5 Å². The predicted octanol–water partition coefficient (Wildman–Crippen LogP) is 4.63. The minimum Gasteiger partial charge on any atom is -0.369 e. The van der Waals surface area contributed by atoms with Gasteiger partial charge in [0.2, 0.25) is 0 Å². The molecule has 162 valence electrons. The van der Waals surface area contributed by atoms with Crippen LogP contribution in [0.25, 0.3) is 0 Å². The number of carbonyl (C=O) groups excluding carboxylic acids is 1. The van der Waals surface area contributed by atoms with Crippen LogP contribution in [0.5, 0.6) is 0 Å². The van der Waals surface area contributed by atoms with Crippen LogP contribution in [0, 0.1) is 0 Å². The molecule has 1 aliphatic heterocycles. The number of hydrogen-bond acceptors (Lipinski definition) is 4. The number of urea groups is 1. The van der Waals surface area contributed by atoms with Crippen LogP contribution >= 0.6 is 11.3 Å². The minimum absolute atomic E-state index is 0.0149. The van der Waals surface area contributed by atoms with Crippen molar-refractivity contribution in [1.29, 1.82) is 0 Å². The molecular formula is C24H34N4OS. The van der Waals surface area contributed by atoms with Crippen molar-refractivity contribution in [1.82, 2.24) is 15.5 Å². The van der Waals surface area contributed by atoms with Crippen LogP contribution in [0.4, 0.5) is 10.5 Å². The highest BCUT2D eigenvalue weighted by Crippen LogP contribution is 2.30. The van der Waals surface area contributed by atoms with E-state index in [2.05, 4.69) is 75.2 Å². The highest BCUT2D eigenvalue weighted by atomic mass is 32.1. The SMILES string of the molecule is C[C@H](NC(=O)NC1CCCCC1)[C@@H](c1cccs1)N1CCN(c2ccccc2)CC1. The summed E-state index contributed by atoms with van der Waals surface area (Å²) in [7, 11) is 0. The largest absolute Gasteiger partial charge is 0.369 e. The zero-order valence-corrected chi connectivity index (χ0v) is 18.7. The Morgan fingerprint density at radius 2 is 1.73 bits per heavy atom. The van der Waals surface area contributed by atoms with E-state index in [-0.39, 0.29) is 18.1 Å². The maximum atomic E-state index is 12.7. The van der Waals surface area contributed by atoms with Crippen molar-refractivity contribution in [3.8, 4) is 0 Å². The molecule has 1 aliphatic carbocycles. The van der Waals surface area contributed by atoms with Gasteiger partial charge in [0.05, 0.1) is 6.04 Å². The first-order chi connectivity index (χ1) is 14.7. The number of piperazine rings is 1. The molecule has 1 aromatic carbocycles. The Kier molecular flexibility index (Phi) is 7.28. The summed E-state index contributed by atoms with van der Waals surface area (Å²) in [5, 5.41) is 8.60. The maximum absolute atomic E-state index is 12.7. The molecule has 2 amide bonds. The summed E-state index contributed by atoms with van der Waals surface area (Å²) in [4.78, 5) is 19.0. The van der Waals surface area contributed by atoms with E-state index in [9.17, 15) is 4.79 Å². The third-order valence-corrected chi connectivity index (χ3v) is 7.38. The Morgan fingerprint density at radius 1 is 1.00 bits per heavy atom. The first kappa shape index (κ1) is 21.2. The topological polar surface area (TPSA) is 47.6 Å². The van der Waals surface area contributed by atoms with Gasteiger partial charge in [-0.05, 0) is 43.3 Å². The fourth-order valence-electron chi connectivity index (χ4n) is 4.86. The molecule has 1 aromatic heterocycles. The molecule has 0 spiro atoms. The standard InChI is InChI=1S/C24H34N4OS/c1-19(25-24(29)26-20-9-4-2-5-10-20)23(22-13-8-18-30-22)28-16-14-27(15-17-28)21-11-6-3-7-12-21/h3,6-8,11-13,18-20,23H,2,4-5,9-10,14-17H2,1H3,(H2,25,26,29)/t19-,23-/m0/s1. The van der Waals surface area contributed by atoms with Gasteiger partial charge in [-0.15, -0.1) is 11.3 Å². The lowest BCUT2D eigenvalue weighted by Gasteiger charge is -2.42. The number of benzene rings is 1. The van der Waals surface area contributed by atoms with E-state index in [0.29, 0.717) is 6.04 Å². The van der Waals surface area contributed by atoms with E-state index in [4.69, 9.17) is 0 Å². The summed E-state index contributed by atoms with van der Waals surface area (Å²) in [6, 6.07) is 15.5.